The largest absolute Gasteiger partial charge is 0.354 e. The molecule has 0 unspecified atom stereocenters. The van der Waals surface area contributed by atoms with Crippen LogP contribution in [0, 0.1) is 13.8 Å². The Bertz CT molecular complexity index is 642. The predicted octanol–water partition coefficient (Wildman–Crippen LogP) is 1.83. The van der Waals surface area contributed by atoms with E-state index in [-0.39, 0.29) is 11.8 Å². The van der Waals surface area contributed by atoms with Gasteiger partial charge in [-0.15, -0.1) is 0 Å². The summed E-state index contributed by atoms with van der Waals surface area (Å²) in [5, 5.41) is 5.78. The van der Waals surface area contributed by atoms with Gasteiger partial charge < -0.3 is 20.1 Å². The van der Waals surface area contributed by atoms with Crippen LogP contribution in [-0.2, 0) is 19.1 Å². The van der Waals surface area contributed by atoms with Crippen LogP contribution >= 0.6 is 0 Å². The highest BCUT2D eigenvalue weighted by molar-refractivity contribution is 5.93. The fraction of sp³-hybridized carbons (Fsp3) is 0.600. The van der Waals surface area contributed by atoms with Crippen LogP contribution in [-0.4, -0.2) is 62.9 Å². The molecular weight excluding hydrogens is 346 g/mol. The van der Waals surface area contributed by atoms with E-state index < -0.39 is 6.29 Å². The maximum atomic E-state index is 12.5. The van der Waals surface area contributed by atoms with Crippen LogP contribution in [0.4, 0.5) is 5.69 Å². The minimum absolute atomic E-state index is 0.0464. The van der Waals surface area contributed by atoms with Crippen molar-refractivity contribution in [1.29, 1.82) is 0 Å². The highest BCUT2D eigenvalue weighted by Gasteiger charge is 2.30. The number of amides is 2. The van der Waals surface area contributed by atoms with Crippen molar-refractivity contribution >= 4 is 17.5 Å². The smallest absolute Gasteiger partial charge is 0.238 e. The quantitative estimate of drug-likeness (QED) is 0.575. The van der Waals surface area contributed by atoms with E-state index in [1.807, 2.05) is 32.0 Å². The lowest BCUT2D eigenvalue weighted by atomic mass is 10.1. The van der Waals surface area contributed by atoms with Gasteiger partial charge in [0.25, 0.3) is 0 Å². The maximum absolute atomic E-state index is 12.5. The number of ether oxygens (including phenoxy) is 2. The first kappa shape index (κ1) is 21.3. The molecule has 2 amide bonds. The van der Waals surface area contributed by atoms with Gasteiger partial charge in [0, 0.05) is 38.9 Å². The molecule has 1 aromatic rings. The topological polar surface area (TPSA) is 79.9 Å². The summed E-state index contributed by atoms with van der Waals surface area (Å²) >= 11 is 0. The molecule has 27 heavy (non-hydrogen) atoms. The van der Waals surface area contributed by atoms with Crippen molar-refractivity contribution in [3.63, 3.8) is 0 Å². The molecule has 7 nitrogen and oxygen atoms in total. The Labute approximate surface area is 161 Å². The Morgan fingerprint density at radius 3 is 2.52 bits per heavy atom. The van der Waals surface area contributed by atoms with Crippen molar-refractivity contribution in [1.82, 2.24) is 10.2 Å². The van der Waals surface area contributed by atoms with Gasteiger partial charge in [0.05, 0.1) is 13.1 Å². The average Bonchev–Trinajstić information content (AvgIpc) is 3.47. The molecule has 1 saturated carbocycles. The second-order valence-electron chi connectivity index (χ2n) is 7.02. The van der Waals surface area contributed by atoms with Crippen molar-refractivity contribution in [2.75, 3.05) is 39.2 Å². The predicted molar refractivity (Wildman–Crippen MR) is 105 cm³/mol. The molecule has 1 aromatic carbocycles. The van der Waals surface area contributed by atoms with Gasteiger partial charge in [0.15, 0.2) is 6.29 Å². The van der Waals surface area contributed by atoms with E-state index in [0.29, 0.717) is 32.1 Å². The minimum atomic E-state index is -0.447. The summed E-state index contributed by atoms with van der Waals surface area (Å²) in [5.74, 6) is -0.121. The van der Waals surface area contributed by atoms with Crippen molar-refractivity contribution in [3.8, 4) is 0 Å². The van der Waals surface area contributed by atoms with Crippen LogP contribution in [0.3, 0.4) is 0 Å². The van der Waals surface area contributed by atoms with Crippen LogP contribution < -0.4 is 10.6 Å². The second kappa shape index (κ2) is 10.4. The molecule has 2 N–H and O–H groups in total. The molecule has 7 heteroatoms. The van der Waals surface area contributed by atoms with E-state index in [2.05, 4.69) is 15.5 Å². The van der Waals surface area contributed by atoms with Crippen LogP contribution in [0.2, 0.25) is 0 Å². The van der Waals surface area contributed by atoms with Gasteiger partial charge in [-0.05, 0) is 43.9 Å². The van der Waals surface area contributed by atoms with Crippen LogP contribution in [0.15, 0.2) is 18.2 Å². The first-order valence-electron chi connectivity index (χ1n) is 9.36. The zero-order valence-electron chi connectivity index (χ0n) is 16.7. The lowest BCUT2D eigenvalue weighted by Gasteiger charge is -2.22. The summed E-state index contributed by atoms with van der Waals surface area (Å²) in [4.78, 5) is 26.6. The molecule has 2 rings (SSSR count). The second-order valence-corrected chi connectivity index (χ2v) is 7.02. The van der Waals surface area contributed by atoms with E-state index in [1.54, 1.807) is 0 Å². The average molecular weight is 377 g/mol. The number of carbonyl (C=O) groups is 2. The number of benzene rings is 1. The highest BCUT2D eigenvalue weighted by atomic mass is 16.7. The van der Waals surface area contributed by atoms with Crippen molar-refractivity contribution < 1.29 is 19.1 Å². The van der Waals surface area contributed by atoms with Crippen molar-refractivity contribution in [2.45, 2.75) is 45.4 Å². The summed E-state index contributed by atoms with van der Waals surface area (Å²) in [6.07, 6.45) is 2.05. The molecule has 1 aliphatic carbocycles. The lowest BCUT2D eigenvalue weighted by molar-refractivity contribution is -0.128. The van der Waals surface area contributed by atoms with E-state index >= 15 is 0 Å². The molecule has 150 valence electrons. The highest BCUT2D eigenvalue weighted by Crippen LogP contribution is 2.27. The third-order valence-electron chi connectivity index (χ3n) is 4.69. The number of hydrogen-bond donors (Lipinski definition) is 2. The summed E-state index contributed by atoms with van der Waals surface area (Å²) < 4.78 is 10.1. The number of hydrogen-bond acceptors (Lipinski definition) is 5. The monoisotopic (exact) mass is 377 g/mol. The Morgan fingerprint density at radius 1 is 1.19 bits per heavy atom. The Kier molecular flexibility index (Phi) is 8.22. The van der Waals surface area contributed by atoms with E-state index in [0.717, 1.165) is 29.7 Å². The number of nitrogens with zero attached hydrogens (tertiary/aromatic N) is 1. The van der Waals surface area contributed by atoms with E-state index in [9.17, 15) is 9.59 Å². The van der Waals surface area contributed by atoms with Gasteiger partial charge in [-0.3, -0.25) is 14.5 Å². The molecule has 0 saturated heterocycles. The van der Waals surface area contributed by atoms with Gasteiger partial charge in [-0.25, -0.2) is 0 Å². The molecule has 0 bridgehead atoms. The van der Waals surface area contributed by atoms with E-state index in [4.69, 9.17) is 9.47 Å². The standard InChI is InChI=1S/C20H31N3O4/c1-14-5-6-15(2)17(11-14)22-19(25)13-23(16-7-8-16)10-9-18(24)21-12-20(26-3)27-4/h5-6,11,16,20H,7-10,12-13H2,1-4H3,(H,21,24)(H,22,25). The van der Waals surface area contributed by atoms with Crippen LogP contribution in [0.1, 0.15) is 30.4 Å². The fourth-order valence-corrected chi connectivity index (χ4v) is 2.87. The fourth-order valence-electron chi connectivity index (χ4n) is 2.87. The van der Waals surface area contributed by atoms with Crippen molar-refractivity contribution in [3.05, 3.63) is 29.3 Å². The number of nitrogens with one attached hydrogen (secondary N) is 2. The zero-order valence-corrected chi connectivity index (χ0v) is 16.7. The summed E-state index contributed by atoms with van der Waals surface area (Å²) in [7, 11) is 3.06. The van der Waals surface area contributed by atoms with Crippen LogP contribution in [0.25, 0.3) is 0 Å². The normalized spacial score (nSPS) is 13.9. The summed E-state index contributed by atoms with van der Waals surface area (Å²) in [6, 6.07) is 6.40. The molecular formula is C20H31N3O4. The lowest BCUT2D eigenvalue weighted by Crippen LogP contribution is -2.39. The first-order chi connectivity index (χ1) is 12.9. The number of methoxy groups -OCH3 is 2. The van der Waals surface area contributed by atoms with Gasteiger partial charge in [-0.2, -0.15) is 0 Å². The first-order valence-corrected chi connectivity index (χ1v) is 9.36. The Morgan fingerprint density at radius 2 is 1.89 bits per heavy atom. The molecule has 1 fully saturated rings. The van der Waals surface area contributed by atoms with Gasteiger partial charge in [-0.1, -0.05) is 12.1 Å². The number of carbonyl (C=O) groups excluding carboxylic acids is 2. The molecule has 1 aliphatic rings. The van der Waals surface area contributed by atoms with Gasteiger partial charge >= 0.3 is 0 Å². The SMILES string of the molecule is COC(CNC(=O)CCN(CC(=O)Nc1cc(C)ccc1C)C1CC1)OC. The summed E-state index contributed by atoms with van der Waals surface area (Å²) in [5.41, 5.74) is 2.99. The molecule has 0 aliphatic heterocycles. The van der Waals surface area contributed by atoms with Crippen molar-refractivity contribution in [2.24, 2.45) is 0 Å². The number of rotatable bonds is 11. The Hall–Kier alpha value is -1.96. The third-order valence-corrected chi connectivity index (χ3v) is 4.69. The number of aryl methyl sites for hydroxylation is 2. The summed E-state index contributed by atoms with van der Waals surface area (Å²) in [6.45, 7) is 5.14. The minimum Gasteiger partial charge on any atom is -0.354 e. The molecule has 0 aromatic heterocycles. The molecule has 0 spiro atoms. The molecule has 0 radical (unpaired) electrons. The van der Waals surface area contributed by atoms with Gasteiger partial charge in [0.1, 0.15) is 0 Å². The molecule has 0 atom stereocenters. The third kappa shape index (κ3) is 7.28. The number of anilines is 1. The van der Waals surface area contributed by atoms with Crippen LogP contribution in [0.5, 0.6) is 0 Å². The molecule has 0 heterocycles. The van der Waals surface area contributed by atoms with Gasteiger partial charge in [0.2, 0.25) is 11.8 Å². The van der Waals surface area contributed by atoms with E-state index in [1.165, 1.54) is 14.2 Å². The maximum Gasteiger partial charge on any atom is 0.238 e. The Balaban J connectivity index is 1.80. The zero-order chi connectivity index (χ0) is 19.8.